The number of rotatable bonds is 43. The lowest BCUT2D eigenvalue weighted by Crippen LogP contribution is -2.45. The first-order chi connectivity index (χ1) is 27.4. The zero-order valence-electron chi connectivity index (χ0n) is 36.4. The van der Waals surface area contributed by atoms with Crippen LogP contribution in [0.3, 0.4) is 0 Å². The van der Waals surface area contributed by atoms with Crippen LogP contribution in [0.1, 0.15) is 213 Å². The van der Waals surface area contributed by atoms with Gasteiger partial charge in [-0.25, -0.2) is 4.57 Å². The Morgan fingerprint density at radius 1 is 0.571 bits per heavy atom. The summed E-state index contributed by atoms with van der Waals surface area (Å²) in [5, 5.41) is 13.7. The maximum atomic E-state index is 12.8. The lowest BCUT2D eigenvalue weighted by atomic mass is 10.1. The van der Waals surface area contributed by atoms with Gasteiger partial charge in [-0.2, -0.15) is 0 Å². The van der Waals surface area contributed by atoms with Gasteiger partial charge in [0.2, 0.25) is 5.91 Å². The van der Waals surface area contributed by atoms with Gasteiger partial charge in [0, 0.05) is 13.0 Å². The molecule has 0 bridgehead atoms. The number of amides is 1. The predicted molar refractivity (Wildman–Crippen MR) is 240 cm³/mol. The molecule has 0 aliphatic rings. The monoisotopic (exact) mass is 809 g/mol. The lowest BCUT2D eigenvalue weighted by Gasteiger charge is -2.23. The molecule has 0 rings (SSSR count). The van der Waals surface area contributed by atoms with Crippen LogP contribution in [0, 0.1) is 0 Å². The van der Waals surface area contributed by atoms with E-state index >= 15 is 0 Å². The maximum Gasteiger partial charge on any atom is 0.472 e. The fourth-order valence-corrected chi connectivity index (χ4v) is 7.33. The molecule has 0 aromatic heterocycles. The first-order valence-electron chi connectivity index (χ1n) is 23.3. The van der Waals surface area contributed by atoms with Gasteiger partial charge in [-0.3, -0.25) is 13.8 Å². The van der Waals surface area contributed by atoms with Gasteiger partial charge < -0.3 is 21.1 Å². The zero-order chi connectivity index (χ0) is 41.1. The number of allylic oxidation sites excluding steroid dienone is 7. The normalized spacial score (nSPS) is 14.4. The molecule has 0 aromatic carbocycles. The van der Waals surface area contributed by atoms with Crippen molar-refractivity contribution in [1.82, 2.24) is 5.32 Å². The Hall–Kier alpha value is -1.54. The minimum absolute atomic E-state index is 0.0695. The molecular weight excluding hydrogens is 719 g/mol. The molecule has 0 heterocycles. The Bertz CT molecular complexity index is 1020. The summed E-state index contributed by atoms with van der Waals surface area (Å²) in [7, 11) is -4.36. The van der Waals surface area contributed by atoms with Crippen molar-refractivity contribution < 1.29 is 28.4 Å². The van der Waals surface area contributed by atoms with Gasteiger partial charge in [0.15, 0.2) is 0 Å². The average molecular weight is 809 g/mol. The second-order valence-corrected chi connectivity index (χ2v) is 17.0. The van der Waals surface area contributed by atoms with Gasteiger partial charge in [-0.1, -0.05) is 184 Å². The van der Waals surface area contributed by atoms with E-state index in [4.69, 9.17) is 14.8 Å². The number of aliphatic hydroxyl groups excluding tert-OH is 1. The summed E-state index contributed by atoms with van der Waals surface area (Å²) >= 11 is 0. The molecule has 0 saturated carbocycles. The van der Waals surface area contributed by atoms with Crippen molar-refractivity contribution in [3.63, 3.8) is 0 Å². The Morgan fingerprint density at radius 3 is 1.38 bits per heavy atom. The van der Waals surface area contributed by atoms with Crippen LogP contribution < -0.4 is 11.1 Å². The van der Waals surface area contributed by atoms with Gasteiger partial charge in [0.1, 0.15) is 0 Å². The largest absolute Gasteiger partial charge is 0.472 e. The number of carbonyl (C=O) groups is 1. The fraction of sp³-hybridized carbons (Fsp3) is 0.809. The summed E-state index contributed by atoms with van der Waals surface area (Å²) in [5.41, 5.74) is 5.37. The summed E-state index contributed by atoms with van der Waals surface area (Å²) in [4.78, 5) is 22.7. The Balaban J connectivity index is 4.27. The van der Waals surface area contributed by atoms with Crippen LogP contribution >= 0.6 is 7.82 Å². The van der Waals surface area contributed by atoms with Gasteiger partial charge in [-0.05, 0) is 70.6 Å². The van der Waals surface area contributed by atoms with E-state index in [0.29, 0.717) is 6.42 Å². The zero-order valence-corrected chi connectivity index (χ0v) is 37.3. The number of hydrogen-bond donors (Lipinski definition) is 4. The minimum atomic E-state index is -4.36. The highest BCUT2D eigenvalue weighted by Crippen LogP contribution is 2.43. The summed E-state index contributed by atoms with van der Waals surface area (Å²) in [6.45, 7) is 4.10. The molecule has 0 fully saturated rings. The molecule has 0 aromatic rings. The van der Waals surface area contributed by atoms with Crippen LogP contribution in [0.4, 0.5) is 0 Å². The van der Waals surface area contributed by atoms with Crippen molar-refractivity contribution >= 4 is 13.7 Å². The number of phosphoric ester groups is 1. The number of unbranched alkanes of at least 4 members (excludes halogenated alkanes) is 25. The standard InChI is InChI=1S/C47H89N2O6P/c1-3-5-7-9-11-13-15-17-19-21-22-23-24-25-26-28-30-32-34-36-38-40-46(50)45(44-55-56(52,53)54-43-42-48)49-47(51)41-39-37-35-33-31-29-27-20-18-16-14-12-10-8-6-4-2/h20,24-25,27,30,32,38,40,45-46,50H,3-19,21-23,26,28-29,31,33-37,39,41-44,48H2,1-2H3,(H,49,51)(H,52,53)/b25-24+,27-20-,32-30+,40-38+. The van der Waals surface area contributed by atoms with E-state index in [2.05, 4.69) is 55.6 Å². The third-order valence-electron chi connectivity index (χ3n) is 10.1. The second kappa shape index (κ2) is 43.0. The van der Waals surface area contributed by atoms with E-state index < -0.39 is 20.0 Å². The van der Waals surface area contributed by atoms with Crippen molar-refractivity contribution in [2.45, 2.75) is 225 Å². The lowest BCUT2D eigenvalue weighted by molar-refractivity contribution is -0.123. The van der Waals surface area contributed by atoms with E-state index in [1.165, 1.54) is 128 Å². The molecule has 0 aliphatic carbocycles. The molecule has 0 aliphatic heterocycles. The topological polar surface area (TPSA) is 131 Å². The summed E-state index contributed by atoms with van der Waals surface area (Å²) in [5.74, 6) is -0.217. The molecule has 3 atom stereocenters. The molecule has 0 spiro atoms. The fourth-order valence-electron chi connectivity index (χ4n) is 6.57. The minimum Gasteiger partial charge on any atom is -0.387 e. The van der Waals surface area contributed by atoms with Crippen LogP contribution in [-0.2, 0) is 18.4 Å². The quantitative estimate of drug-likeness (QED) is 0.0274. The second-order valence-electron chi connectivity index (χ2n) is 15.6. The summed E-state index contributed by atoms with van der Waals surface area (Å²) in [6, 6.07) is -0.888. The highest BCUT2D eigenvalue weighted by atomic mass is 31.2. The van der Waals surface area contributed by atoms with Crippen molar-refractivity contribution in [1.29, 1.82) is 0 Å². The summed E-state index contributed by atoms with van der Waals surface area (Å²) in [6.07, 6.45) is 53.1. The SMILES string of the molecule is CCCCCCCCC/C=C\CCCCCCCC(=O)NC(COP(=O)(O)OCCN)C(O)/C=C/CC/C=C/CC/C=C/CCCCCCCCCCCCC. The number of nitrogens with two attached hydrogens (primary N) is 1. The molecule has 1 amide bonds. The van der Waals surface area contributed by atoms with Crippen LogP contribution in [0.2, 0.25) is 0 Å². The van der Waals surface area contributed by atoms with Gasteiger partial charge in [-0.15, -0.1) is 0 Å². The Kier molecular flexibility index (Phi) is 41.9. The average Bonchev–Trinajstić information content (AvgIpc) is 3.19. The van der Waals surface area contributed by atoms with Gasteiger partial charge in [0.25, 0.3) is 0 Å². The highest BCUT2D eigenvalue weighted by molar-refractivity contribution is 7.47. The maximum absolute atomic E-state index is 12.8. The van der Waals surface area contributed by atoms with E-state index in [1.54, 1.807) is 6.08 Å². The number of hydrogen-bond acceptors (Lipinski definition) is 6. The van der Waals surface area contributed by atoms with Crippen LogP contribution in [0.5, 0.6) is 0 Å². The molecule has 8 nitrogen and oxygen atoms in total. The predicted octanol–water partition coefficient (Wildman–Crippen LogP) is 13.3. The smallest absolute Gasteiger partial charge is 0.387 e. The van der Waals surface area contributed by atoms with Crippen molar-refractivity contribution in [2.75, 3.05) is 19.8 Å². The van der Waals surface area contributed by atoms with E-state index in [0.717, 1.165) is 64.2 Å². The molecule has 328 valence electrons. The third kappa shape index (κ3) is 40.6. The molecule has 5 N–H and O–H groups in total. The first kappa shape index (κ1) is 54.5. The van der Waals surface area contributed by atoms with Crippen molar-refractivity contribution in [3.05, 3.63) is 48.6 Å². The van der Waals surface area contributed by atoms with Crippen molar-refractivity contribution in [2.24, 2.45) is 5.73 Å². The van der Waals surface area contributed by atoms with E-state index in [9.17, 15) is 19.4 Å². The van der Waals surface area contributed by atoms with E-state index in [1.807, 2.05) is 6.08 Å². The summed E-state index contributed by atoms with van der Waals surface area (Å²) < 4.78 is 22.1. The third-order valence-corrected chi connectivity index (χ3v) is 11.1. The Labute approximate surface area is 345 Å². The van der Waals surface area contributed by atoms with Crippen LogP contribution in [0.25, 0.3) is 0 Å². The van der Waals surface area contributed by atoms with Crippen LogP contribution in [-0.4, -0.2) is 47.8 Å². The number of carbonyl (C=O) groups excluding carboxylic acids is 1. The molecule has 9 heteroatoms. The van der Waals surface area contributed by atoms with Gasteiger partial charge >= 0.3 is 7.82 Å². The Morgan fingerprint density at radius 2 is 0.946 bits per heavy atom. The molecule has 0 saturated heterocycles. The number of aliphatic hydroxyl groups is 1. The molecule has 0 radical (unpaired) electrons. The van der Waals surface area contributed by atoms with E-state index in [-0.39, 0.29) is 25.7 Å². The van der Waals surface area contributed by atoms with Crippen molar-refractivity contribution in [3.8, 4) is 0 Å². The number of phosphoric acid groups is 1. The van der Waals surface area contributed by atoms with Crippen LogP contribution in [0.15, 0.2) is 48.6 Å². The van der Waals surface area contributed by atoms with Gasteiger partial charge in [0.05, 0.1) is 25.4 Å². The highest BCUT2D eigenvalue weighted by Gasteiger charge is 2.26. The molecule has 3 unspecified atom stereocenters. The molecule has 56 heavy (non-hydrogen) atoms. The number of nitrogens with one attached hydrogen (secondary N) is 1. The molecular formula is C47H89N2O6P. The first-order valence-corrected chi connectivity index (χ1v) is 24.8.